The summed E-state index contributed by atoms with van der Waals surface area (Å²) >= 11 is 0. The molecule has 0 radical (unpaired) electrons. The molecule has 4 unspecified atom stereocenters. The van der Waals surface area contributed by atoms with Crippen LogP contribution in [0.1, 0.15) is 46.5 Å². The molecule has 0 spiro atoms. The van der Waals surface area contributed by atoms with Gasteiger partial charge in [-0.25, -0.2) is 0 Å². The van der Waals surface area contributed by atoms with Crippen LogP contribution in [0.3, 0.4) is 0 Å². The van der Waals surface area contributed by atoms with Gasteiger partial charge in [0.05, 0.1) is 6.61 Å². The summed E-state index contributed by atoms with van der Waals surface area (Å²) in [4.78, 5) is 2.68. The lowest BCUT2D eigenvalue weighted by molar-refractivity contribution is 0.0967. The van der Waals surface area contributed by atoms with E-state index in [0.29, 0.717) is 6.04 Å². The predicted molar refractivity (Wildman–Crippen MR) is 71.1 cm³/mol. The molecule has 100 valence electrons. The van der Waals surface area contributed by atoms with E-state index in [2.05, 4.69) is 31.0 Å². The van der Waals surface area contributed by atoms with Crippen molar-refractivity contribution in [2.75, 3.05) is 19.7 Å². The number of nitrogens with zero attached hydrogens (tertiary/aromatic N) is 1. The number of hydrogen-bond donors (Lipinski definition) is 2. The van der Waals surface area contributed by atoms with E-state index in [9.17, 15) is 5.11 Å². The zero-order chi connectivity index (χ0) is 12.5. The smallest absolute Gasteiger partial charge is 0.0611 e. The average Bonchev–Trinajstić information content (AvgIpc) is 2.91. The minimum absolute atomic E-state index is 0.115. The lowest BCUT2D eigenvalue weighted by Gasteiger charge is -2.38. The van der Waals surface area contributed by atoms with Crippen molar-refractivity contribution in [2.45, 2.75) is 64.1 Å². The average molecular weight is 240 g/mol. The van der Waals surface area contributed by atoms with Crippen LogP contribution in [0.5, 0.6) is 0 Å². The molecule has 4 atom stereocenters. The molecule has 3 nitrogen and oxygen atoms in total. The summed E-state index contributed by atoms with van der Waals surface area (Å²) in [6.07, 6.45) is 5.30. The van der Waals surface area contributed by atoms with E-state index in [-0.39, 0.29) is 12.1 Å². The van der Waals surface area contributed by atoms with Gasteiger partial charge in [-0.3, -0.25) is 4.90 Å². The van der Waals surface area contributed by atoms with Crippen LogP contribution in [-0.2, 0) is 0 Å². The number of hydrogen-bond acceptors (Lipinski definition) is 3. The number of aliphatic hydroxyl groups is 1. The number of rotatable bonds is 6. The number of fused-ring (bicyclic) bond motifs is 2. The summed E-state index contributed by atoms with van der Waals surface area (Å²) in [6, 6.07) is 1.42. The fraction of sp³-hybridized carbons (Fsp3) is 1.00. The van der Waals surface area contributed by atoms with E-state index in [1.807, 2.05) is 0 Å². The fourth-order valence-electron chi connectivity index (χ4n) is 3.89. The molecule has 0 aromatic carbocycles. The molecule has 0 aromatic rings. The monoisotopic (exact) mass is 240 g/mol. The van der Waals surface area contributed by atoms with Crippen molar-refractivity contribution in [3.63, 3.8) is 0 Å². The van der Waals surface area contributed by atoms with Gasteiger partial charge in [-0.1, -0.05) is 6.92 Å². The van der Waals surface area contributed by atoms with Gasteiger partial charge >= 0.3 is 0 Å². The van der Waals surface area contributed by atoms with Gasteiger partial charge in [-0.15, -0.1) is 0 Å². The highest BCUT2D eigenvalue weighted by Gasteiger charge is 2.41. The van der Waals surface area contributed by atoms with E-state index >= 15 is 0 Å². The lowest BCUT2D eigenvalue weighted by Crippen LogP contribution is -2.51. The van der Waals surface area contributed by atoms with Crippen LogP contribution in [0.15, 0.2) is 0 Å². The van der Waals surface area contributed by atoms with Gasteiger partial charge in [0.25, 0.3) is 0 Å². The first-order valence-corrected chi connectivity index (χ1v) is 7.19. The summed E-state index contributed by atoms with van der Waals surface area (Å²) in [5.74, 6) is 0.960. The molecule has 2 bridgehead atoms. The van der Waals surface area contributed by atoms with Gasteiger partial charge in [0.2, 0.25) is 0 Å². The maximum Gasteiger partial charge on any atom is 0.0611 e. The molecular weight excluding hydrogens is 212 g/mol. The summed E-state index contributed by atoms with van der Waals surface area (Å²) in [7, 11) is 0. The second-order valence-corrected chi connectivity index (χ2v) is 6.33. The summed E-state index contributed by atoms with van der Waals surface area (Å²) in [5.41, 5.74) is -0.115. The molecule has 1 aliphatic carbocycles. The molecule has 2 fully saturated rings. The Morgan fingerprint density at radius 2 is 2.24 bits per heavy atom. The van der Waals surface area contributed by atoms with Crippen molar-refractivity contribution in [3.05, 3.63) is 0 Å². The maximum absolute atomic E-state index is 9.56. The second-order valence-electron chi connectivity index (χ2n) is 6.33. The van der Waals surface area contributed by atoms with Crippen LogP contribution < -0.4 is 5.32 Å². The van der Waals surface area contributed by atoms with Crippen molar-refractivity contribution >= 4 is 0 Å². The summed E-state index contributed by atoms with van der Waals surface area (Å²) < 4.78 is 0. The summed E-state index contributed by atoms with van der Waals surface area (Å²) in [6.45, 7) is 9.02. The molecule has 1 saturated carbocycles. The topological polar surface area (TPSA) is 35.5 Å². The van der Waals surface area contributed by atoms with Crippen LogP contribution in [0.4, 0.5) is 0 Å². The van der Waals surface area contributed by atoms with Crippen LogP contribution in [0.25, 0.3) is 0 Å². The van der Waals surface area contributed by atoms with Crippen LogP contribution in [-0.4, -0.2) is 47.3 Å². The number of piperidine rings is 1. The third-order valence-electron chi connectivity index (χ3n) is 4.72. The van der Waals surface area contributed by atoms with Gasteiger partial charge in [0, 0.05) is 24.2 Å². The Balaban J connectivity index is 1.89. The van der Waals surface area contributed by atoms with Crippen molar-refractivity contribution in [2.24, 2.45) is 5.92 Å². The Hall–Kier alpha value is -0.120. The Morgan fingerprint density at radius 3 is 2.71 bits per heavy atom. The molecule has 2 rings (SSSR count). The standard InChI is InChI=1S/C14H28N2O/c1-4-15-14(3,10-17)8-11(2)16-9-12-5-6-13(16)7-12/h11-13,15,17H,4-10H2,1-3H3. The Morgan fingerprint density at radius 1 is 1.47 bits per heavy atom. The normalized spacial score (nSPS) is 33.9. The fourth-order valence-corrected chi connectivity index (χ4v) is 3.89. The first-order chi connectivity index (χ1) is 8.08. The first kappa shape index (κ1) is 13.3. The molecule has 0 aromatic heterocycles. The predicted octanol–water partition coefficient (Wildman–Crippen LogP) is 1.61. The Labute approximate surface area is 106 Å². The van der Waals surface area contributed by atoms with Crippen molar-refractivity contribution < 1.29 is 5.11 Å². The Kier molecular flexibility index (Phi) is 4.11. The van der Waals surface area contributed by atoms with Gasteiger partial charge in [0.15, 0.2) is 0 Å². The Bertz CT molecular complexity index is 259. The van der Waals surface area contributed by atoms with Gasteiger partial charge in [0.1, 0.15) is 0 Å². The third kappa shape index (κ3) is 2.83. The molecule has 1 saturated heterocycles. The van der Waals surface area contributed by atoms with Gasteiger partial charge in [-0.05, 0) is 52.0 Å². The molecular formula is C14H28N2O. The van der Waals surface area contributed by atoms with E-state index < -0.39 is 0 Å². The zero-order valence-electron chi connectivity index (χ0n) is 11.6. The number of likely N-dealkylation sites (tertiary alicyclic amines) is 1. The first-order valence-electron chi connectivity index (χ1n) is 7.19. The maximum atomic E-state index is 9.56. The molecule has 1 heterocycles. The molecule has 0 amide bonds. The van der Waals surface area contributed by atoms with Crippen LogP contribution >= 0.6 is 0 Å². The third-order valence-corrected chi connectivity index (χ3v) is 4.72. The molecule has 2 aliphatic rings. The van der Waals surface area contributed by atoms with Crippen LogP contribution in [0.2, 0.25) is 0 Å². The minimum Gasteiger partial charge on any atom is -0.394 e. The second kappa shape index (κ2) is 5.25. The highest BCUT2D eigenvalue weighted by molar-refractivity contribution is 4.96. The minimum atomic E-state index is -0.115. The number of aliphatic hydroxyl groups excluding tert-OH is 1. The highest BCUT2D eigenvalue weighted by atomic mass is 16.3. The van der Waals surface area contributed by atoms with E-state index in [0.717, 1.165) is 24.9 Å². The van der Waals surface area contributed by atoms with Crippen LogP contribution in [0, 0.1) is 5.92 Å². The number of nitrogens with one attached hydrogen (secondary N) is 1. The number of likely N-dealkylation sites (N-methyl/N-ethyl adjacent to an activating group) is 1. The molecule has 3 heteroatoms. The quantitative estimate of drug-likeness (QED) is 0.740. The van der Waals surface area contributed by atoms with Crippen molar-refractivity contribution in [1.82, 2.24) is 10.2 Å². The van der Waals surface area contributed by atoms with E-state index in [1.165, 1.54) is 25.8 Å². The van der Waals surface area contributed by atoms with E-state index in [4.69, 9.17) is 0 Å². The molecule has 1 aliphatic heterocycles. The lowest BCUT2D eigenvalue weighted by atomic mass is 9.92. The molecule has 17 heavy (non-hydrogen) atoms. The van der Waals surface area contributed by atoms with Gasteiger partial charge in [-0.2, -0.15) is 0 Å². The van der Waals surface area contributed by atoms with Crippen molar-refractivity contribution in [1.29, 1.82) is 0 Å². The van der Waals surface area contributed by atoms with Crippen molar-refractivity contribution in [3.8, 4) is 0 Å². The SMILES string of the molecule is CCNC(C)(CO)CC(C)N1CC2CCC1C2. The van der Waals surface area contributed by atoms with Gasteiger partial charge < -0.3 is 10.4 Å². The molecule has 2 N–H and O–H groups in total. The zero-order valence-corrected chi connectivity index (χ0v) is 11.6. The highest BCUT2D eigenvalue weighted by Crippen LogP contribution is 2.39. The summed E-state index contributed by atoms with van der Waals surface area (Å²) in [5, 5.41) is 13.0. The largest absolute Gasteiger partial charge is 0.394 e. The van der Waals surface area contributed by atoms with E-state index in [1.54, 1.807) is 0 Å².